The summed E-state index contributed by atoms with van der Waals surface area (Å²) in [5.74, 6) is -0.957. The maximum absolute atomic E-state index is 10.9. The molecule has 0 bridgehead atoms. The van der Waals surface area contributed by atoms with Gasteiger partial charge < -0.3 is 5.11 Å². The molecule has 22 heavy (non-hydrogen) atoms. The Morgan fingerprint density at radius 1 is 1.00 bits per heavy atom. The molecule has 0 unspecified atom stereocenters. The smallest absolute Gasteiger partial charge is 0.335 e. The van der Waals surface area contributed by atoms with Gasteiger partial charge in [-0.15, -0.1) is 0 Å². The minimum absolute atomic E-state index is 0.227. The van der Waals surface area contributed by atoms with Crippen LogP contribution in [0, 0.1) is 0 Å². The van der Waals surface area contributed by atoms with E-state index in [1.165, 1.54) is 0 Å². The lowest BCUT2D eigenvalue weighted by Crippen LogP contribution is -1.97. The predicted octanol–water partition coefficient (Wildman–Crippen LogP) is 3.98. The number of carboxylic acids is 1. The largest absolute Gasteiger partial charge is 0.478 e. The quantitative estimate of drug-likeness (QED) is 0.564. The van der Waals surface area contributed by atoms with Crippen LogP contribution in [-0.2, 0) is 0 Å². The van der Waals surface area contributed by atoms with Crippen LogP contribution in [0.2, 0.25) is 0 Å². The highest BCUT2D eigenvalue weighted by Gasteiger charge is 2.02. The maximum atomic E-state index is 10.9. The van der Waals surface area contributed by atoms with Crippen molar-refractivity contribution >= 4 is 28.6 Å². The molecule has 3 rings (SSSR count). The molecule has 0 atom stereocenters. The highest BCUT2D eigenvalue weighted by Crippen LogP contribution is 2.17. The van der Waals surface area contributed by atoms with Gasteiger partial charge in [-0.3, -0.25) is 5.43 Å². The Bertz CT molecular complexity index is 851. The number of hydrogen-bond donors (Lipinski definition) is 2. The summed E-state index contributed by atoms with van der Waals surface area (Å²) < 4.78 is 0. The number of carbonyl (C=O) groups is 1. The molecule has 0 aliphatic carbocycles. The van der Waals surface area contributed by atoms with Crippen molar-refractivity contribution in [2.75, 3.05) is 5.43 Å². The van der Waals surface area contributed by atoms with Gasteiger partial charge in [-0.1, -0.05) is 48.5 Å². The van der Waals surface area contributed by atoms with Crippen LogP contribution in [-0.4, -0.2) is 17.3 Å². The van der Waals surface area contributed by atoms with Crippen LogP contribution in [0.4, 0.5) is 5.69 Å². The number of hydrogen-bond acceptors (Lipinski definition) is 3. The summed E-state index contributed by atoms with van der Waals surface area (Å²) in [4.78, 5) is 10.9. The zero-order valence-corrected chi connectivity index (χ0v) is 11.7. The fourth-order valence-electron chi connectivity index (χ4n) is 2.26. The van der Waals surface area contributed by atoms with E-state index in [0.29, 0.717) is 5.69 Å². The fraction of sp³-hybridized carbons (Fsp3) is 0. The Morgan fingerprint density at radius 3 is 2.64 bits per heavy atom. The molecule has 0 heterocycles. The second-order valence-corrected chi connectivity index (χ2v) is 4.82. The van der Waals surface area contributed by atoms with E-state index >= 15 is 0 Å². The monoisotopic (exact) mass is 290 g/mol. The van der Waals surface area contributed by atoms with Crippen molar-refractivity contribution in [1.82, 2.24) is 0 Å². The van der Waals surface area contributed by atoms with Crippen LogP contribution in [0.15, 0.2) is 71.8 Å². The topological polar surface area (TPSA) is 61.7 Å². The van der Waals surface area contributed by atoms with Gasteiger partial charge in [-0.25, -0.2) is 4.79 Å². The van der Waals surface area contributed by atoms with Crippen molar-refractivity contribution in [1.29, 1.82) is 0 Å². The van der Waals surface area contributed by atoms with Gasteiger partial charge >= 0.3 is 5.97 Å². The average Bonchev–Trinajstić information content (AvgIpc) is 2.55. The number of hydrazone groups is 1. The number of fused-ring (bicyclic) bond motifs is 1. The molecule has 108 valence electrons. The summed E-state index contributed by atoms with van der Waals surface area (Å²) in [5, 5.41) is 15.4. The number of anilines is 1. The highest BCUT2D eigenvalue weighted by atomic mass is 16.4. The van der Waals surface area contributed by atoms with Gasteiger partial charge in [0.2, 0.25) is 0 Å². The van der Waals surface area contributed by atoms with E-state index in [-0.39, 0.29) is 5.56 Å². The normalized spacial score (nSPS) is 10.9. The van der Waals surface area contributed by atoms with E-state index in [0.717, 1.165) is 16.3 Å². The number of rotatable bonds is 4. The molecule has 0 saturated heterocycles. The fourth-order valence-corrected chi connectivity index (χ4v) is 2.26. The van der Waals surface area contributed by atoms with Gasteiger partial charge in [0.05, 0.1) is 17.5 Å². The Hall–Kier alpha value is -3.14. The van der Waals surface area contributed by atoms with Crippen LogP contribution in [0.5, 0.6) is 0 Å². The van der Waals surface area contributed by atoms with Crippen molar-refractivity contribution < 1.29 is 9.90 Å². The molecule has 0 aromatic heterocycles. The summed E-state index contributed by atoms with van der Waals surface area (Å²) in [5.41, 5.74) is 4.72. The van der Waals surface area contributed by atoms with Gasteiger partial charge in [-0.2, -0.15) is 5.10 Å². The summed E-state index contributed by atoms with van der Waals surface area (Å²) in [7, 11) is 0. The van der Waals surface area contributed by atoms with Gasteiger partial charge in [-0.05, 0) is 29.0 Å². The molecule has 0 aliphatic rings. The minimum atomic E-state index is -0.957. The molecule has 4 heteroatoms. The van der Waals surface area contributed by atoms with Crippen molar-refractivity contribution in [2.24, 2.45) is 5.10 Å². The van der Waals surface area contributed by atoms with E-state index in [1.54, 1.807) is 30.5 Å². The molecular formula is C18H14N2O2. The standard InChI is InChI=1S/C18H14N2O2/c21-18(22)14-7-4-9-16(11-14)20-19-12-15-8-3-6-13-5-1-2-10-17(13)15/h1-12,20H,(H,21,22). The van der Waals surface area contributed by atoms with Crippen LogP contribution >= 0.6 is 0 Å². The molecule has 3 aromatic rings. The van der Waals surface area contributed by atoms with E-state index in [2.05, 4.69) is 22.7 Å². The first-order chi connectivity index (χ1) is 10.7. The SMILES string of the molecule is O=C(O)c1cccc(NN=Cc2cccc3ccccc23)c1. The predicted molar refractivity (Wildman–Crippen MR) is 88.6 cm³/mol. The van der Waals surface area contributed by atoms with E-state index in [4.69, 9.17) is 5.11 Å². The third kappa shape index (κ3) is 2.96. The summed E-state index contributed by atoms with van der Waals surface area (Å²) in [6.45, 7) is 0. The van der Waals surface area contributed by atoms with Crippen molar-refractivity contribution in [3.8, 4) is 0 Å². The molecule has 4 nitrogen and oxygen atoms in total. The van der Waals surface area contributed by atoms with Gasteiger partial charge in [0.1, 0.15) is 0 Å². The molecule has 0 spiro atoms. The second-order valence-electron chi connectivity index (χ2n) is 4.82. The van der Waals surface area contributed by atoms with E-state index in [1.807, 2.05) is 30.3 Å². The second kappa shape index (κ2) is 6.10. The summed E-state index contributed by atoms with van der Waals surface area (Å²) in [6.07, 6.45) is 1.73. The summed E-state index contributed by atoms with van der Waals surface area (Å²) >= 11 is 0. The maximum Gasteiger partial charge on any atom is 0.335 e. The number of nitrogens with one attached hydrogen (secondary N) is 1. The first-order valence-corrected chi connectivity index (χ1v) is 6.84. The lowest BCUT2D eigenvalue weighted by Gasteiger charge is -2.03. The van der Waals surface area contributed by atoms with Crippen LogP contribution in [0.1, 0.15) is 15.9 Å². The van der Waals surface area contributed by atoms with E-state index in [9.17, 15) is 4.79 Å². The number of aromatic carboxylic acids is 1. The molecular weight excluding hydrogens is 276 g/mol. The lowest BCUT2D eigenvalue weighted by atomic mass is 10.1. The Morgan fingerprint density at radius 2 is 1.77 bits per heavy atom. The van der Waals surface area contributed by atoms with Crippen molar-refractivity contribution in [3.05, 3.63) is 77.9 Å². The molecule has 2 N–H and O–H groups in total. The molecule has 0 saturated carbocycles. The zero-order valence-electron chi connectivity index (χ0n) is 11.7. The molecule has 0 aliphatic heterocycles. The third-order valence-corrected chi connectivity index (χ3v) is 3.33. The molecule has 0 fully saturated rings. The van der Waals surface area contributed by atoms with Crippen LogP contribution < -0.4 is 5.43 Å². The average molecular weight is 290 g/mol. The van der Waals surface area contributed by atoms with Crippen LogP contribution in [0.3, 0.4) is 0 Å². The highest BCUT2D eigenvalue weighted by molar-refractivity contribution is 5.99. The minimum Gasteiger partial charge on any atom is -0.478 e. The van der Waals surface area contributed by atoms with Gasteiger partial charge in [0, 0.05) is 5.56 Å². The molecule has 3 aromatic carbocycles. The third-order valence-electron chi connectivity index (χ3n) is 3.33. The van der Waals surface area contributed by atoms with Gasteiger partial charge in [0.15, 0.2) is 0 Å². The van der Waals surface area contributed by atoms with Crippen molar-refractivity contribution in [3.63, 3.8) is 0 Å². The first-order valence-electron chi connectivity index (χ1n) is 6.84. The Labute approximate surface area is 127 Å². The zero-order chi connectivity index (χ0) is 15.4. The number of nitrogens with zero attached hydrogens (tertiary/aromatic N) is 1. The Balaban J connectivity index is 1.82. The van der Waals surface area contributed by atoms with Crippen molar-refractivity contribution in [2.45, 2.75) is 0 Å². The molecule has 0 amide bonds. The Kier molecular flexibility index (Phi) is 3.83. The first kappa shape index (κ1) is 13.8. The van der Waals surface area contributed by atoms with Crippen LogP contribution in [0.25, 0.3) is 10.8 Å². The van der Waals surface area contributed by atoms with Gasteiger partial charge in [0.25, 0.3) is 0 Å². The molecule has 0 radical (unpaired) electrons. The summed E-state index contributed by atoms with van der Waals surface area (Å²) in [6, 6.07) is 20.6. The number of benzene rings is 3. The van der Waals surface area contributed by atoms with E-state index < -0.39 is 5.97 Å². The lowest BCUT2D eigenvalue weighted by molar-refractivity contribution is 0.0697. The number of carboxylic acid groups (broad SMARTS) is 1.